The zero-order chi connectivity index (χ0) is 16.5. The number of nitrogens with one attached hydrogen (secondary N) is 2. The Morgan fingerprint density at radius 2 is 2.05 bits per heavy atom. The molecular formula is C14H19ClN6O. The number of aromatic nitrogens is 3. The molecule has 2 aromatic heterocycles. The van der Waals surface area contributed by atoms with Crippen LogP contribution >= 0.6 is 11.6 Å². The Labute approximate surface area is 134 Å². The summed E-state index contributed by atoms with van der Waals surface area (Å²) in [5, 5.41) is 5.56. The van der Waals surface area contributed by atoms with Gasteiger partial charge in [0.05, 0.1) is 0 Å². The van der Waals surface area contributed by atoms with Gasteiger partial charge in [-0.25, -0.2) is 15.0 Å². The molecule has 0 bridgehead atoms. The van der Waals surface area contributed by atoms with Crippen LogP contribution in [0.4, 0.5) is 17.5 Å². The summed E-state index contributed by atoms with van der Waals surface area (Å²) >= 11 is 5.94. The molecule has 0 atom stereocenters. The first kappa shape index (κ1) is 17.6. The molecule has 0 unspecified atom stereocenters. The highest BCUT2D eigenvalue weighted by molar-refractivity contribution is 6.32. The van der Waals surface area contributed by atoms with Gasteiger partial charge in [0.1, 0.15) is 5.82 Å². The fraction of sp³-hybridized carbons (Fsp3) is 0.286. The van der Waals surface area contributed by atoms with Gasteiger partial charge >= 0.3 is 0 Å². The van der Waals surface area contributed by atoms with Crippen LogP contribution in [0.15, 0.2) is 24.4 Å². The van der Waals surface area contributed by atoms with Gasteiger partial charge in [0.2, 0.25) is 0 Å². The van der Waals surface area contributed by atoms with E-state index in [1.54, 1.807) is 24.4 Å². The van der Waals surface area contributed by atoms with Crippen LogP contribution in [0.5, 0.6) is 0 Å². The van der Waals surface area contributed by atoms with Crippen molar-refractivity contribution in [2.24, 2.45) is 0 Å². The molecule has 0 aliphatic heterocycles. The molecule has 2 aromatic rings. The SMILES string of the molecule is CC.CCNc1nc(N)c(C(=O)Nc2ccccn2)nc1Cl. The number of rotatable bonds is 4. The summed E-state index contributed by atoms with van der Waals surface area (Å²) in [6.07, 6.45) is 1.56. The second-order valence-corrected chi connectivity index (χ2v) is 4.15. The minimum Gasteiger partial charge on any atom is -0.382 e. The second kappa shape index (κ2) is 8.78. The van der Waals surface area contributed by atoms with Crippen LogP contribution in [0, 0.1) is 0 Å². The number of anilines is 3. The number of hydrogen-bond donors (Lipinski definition) is 3. The summed E-state index contributed by atoms with van der Waals surface area (Å²) in [4.78, 5) is 24.0. The Bertz CT molecular complexity index is 620. The predicted molar refractivity (Wildman–Crippen MR) is 89.2 cm³/mol. The van der Waals surface area contributed by atoms with Gasteiger partial charge in [0, 0.05) is 12.7 Å². The lowest BCUT2D eigenvalue weighted by Gasteiger charge is -2.09. The van der Waals surface area contributed by atoms with Gasteiger partial charge in [0.15, 0.2) is 22.5 Å². The topological polar surface area (TPSA) is 106 Å². The van der Waals surface area contributed by atoms with Gasteiger partial charge in [-0.2, -0.15) is 0 Å². The number of nitrogens with two attached hydrogens (primary N) is 1. The summed E-state index contributed by atoms with van der Waals surface area (Å²) in [7, 11) is 0. The van der Waals surface area contributed by atoms with Crippen molar-refractivity contribution in [3.63, 3.8) is 0 Å². The normalized spacial score (nSPS) is 9.45. The third kappa shape index (κ3) is 4.56. The van der Waals surface area contributed by atoms with E-state index in [0.29, 0.717) is 18.2 Å². The van der Waals surface area contributed by atoms with Crippen LogP contribution in [-0.4, -0.2) is 27.4 Å². The van der Waals surface area contributed by atoms with Crippen molar-refractivity contribution in [2.45, 2.75) is 20.8 Å². The number of nitrogen functional groups attached to an aromatic ring is 1. The quantitative estimate of drug-likeness (QED) is 0.799. The zero-order valence-corrected chi connectivity index (χ0v) is 13.5. The number of halogens is 1. The van der Waals surface area contributed by atoms with E-state index < -0.39 is 5.91 Å². The third-order valence-electron chi connectivity index (χ3n) is 2.35. The molecule has 0 fully saturated rings. The Kier molecular flexibility index (Phi) is 7.04. The van der Waals surface area contributed by atoms with Crippen molar-refractivity contribution in [1.29, 1.82) is 0 Å². The molecule has 0 aliphatic rings. The average molecular weight is 323 g/mol. The fourth-order valence-corrected chi connectivity index (χ4v) is 1.68. The molecule has 7 nitrogen and oxygen atoms in total. The molecule has 0 saturated carbocycles. The second-order valence-electron chi connectivity index (χ2n) is 3.80. The van der Waals surface area contributed by atoms with E-state index in [0.717, 1.165) is 0 Å². The Morgan fingerprint density at radius 3 is 2.64 bits per heavy atom. The highest BCUT2D eigenvalue weighted by Crippen LogP contribution is 2.20. The predicted octanol–water partition coefficient (Wildman–Crippen LogP) is 2.82. The maximum Gasteiger partial charge on any atom is 0.279 e. The Hall–Kier alpha value is -2.41. The summed E-state index contributed by atoms with van der Waals surface area (Å²) in [5.41, 5.74) is 5.68. The van der Waals surface area contributed by atoms with E-state index in [4.69, 9.17) is 17.3 Å². The van der Waals surface area contributed by atoms with Crippen LogP contribution in [0.3, 0.4) is 0 Å². The number of hydrogen-bond acceptors (Lipinski definition) is 6. The molecule has 118 valence electrons. The molecule has 1 amide bonds. The van der Waals surface area contributed by atoms with Crippen molar-refractivity contribution >= 4 is 35.0 Å². The molecule has 0 spiro atoms. The lowest BCUT2D eigenvalue weighted by Crippen LogP contribution is -2.18. The first-order chi connectivity index (χ1) is 10.6. The summed E-state index contributed by atoms with van der Waals surface area (Å²) in [5.74, 6) is 0.226. The fourth-order valence-electron chi connectivity index (χ4n) is 1.49. The van der Waals surface area contributed by atoms with Gasteiger partial charge in [0.25, 0.3) is 5.91 Å². The van der Waals surface area contributed by atoms with Crippen LogP contribution < -0.4 is 16.4 Å². The van der Waals surface area contributed by atoms with E-state index in [2.05, 4.69) is 25.6 Å². The molecule has 8 heteroatoms. The van der Waals surface area contributed by atoms with Crippen molar-refractivity contribution in [1.82, 2.24) is 15.0 Å². The van der Waals surface area contributed by atoms with Gasteiger partial charge in [-0.3, -0.25) is 4.79 Å². The summed E-state index contributed by atoms with van der Waals surface area (Å²) in [6.45, 7) is 6.50. The van der Waals surface area contributed by atoms with Crippen LogP contribution in [0.25, 0.3) is 0 Å². The monoisotopic (exact) mass is 322 g/mol. The van der Waals surface area contributed by atoms with Gasteiger partial charge in [-0.05, 0) is 19.1 Å². The van der Waals surface area contributed by atoms with E-state index >= 15 is 0 Å². The highest BCUT2D eigenvalue weighted by atomic mass is 35.5. The average Bonchev–Trinajstić information content (AvgIpc) is 2.53. The third-order valence-corrected chi connectivity index (χ3v) is 2.61. The minimum absolute atomic E-state index is 0.00113. The standard InChI is InChI=1S/C12H13ClN6O.C2H6/c1-2-15-11-9(13)18-8(10(14)19-11)12(20)17-7-5-3-4-6-16-7;1-2/h3-6H,2H2,1H3,(H3,14,15,19)(H,16,17,20);1-2H3. The van der Waals surface area contributed by atoms with Crippen molar-refractivity contribution in [3.8, 4) is 0 Å². The molecule has 4 N–H and O–H groups in total. The number of carbonyl (C=O) groups excluding carboxylic acids is 1. The molecule has 0 aromatic carbocycles. The zero-order valence-electron chi connectivity index (χ0n) is 12.7. The van der Waals surface area contributed by atoms with Crippen LogP contribution in [0.1, 0.15) is 31.3 Å². The maximum atomic E-state index is 12.0. The van der Waals surface area contributed by atoms with E-state index in [1.165, 1.54) is 0 Å². The van der Waals surface area contributed by atoms with Crippen LogP contribution in [-0.2, 0) is 0 Å². The smallest absolute Gasteiger partial charge is 0.279 e. The number of amides is 1. The molecule has 2 rings (SSSR count). The van der Waals surface area contributed by atoms with Gasteiger partial charge in [-0.1, -0.05) is 31.5 Å². The number of nitrogens with zero attached hydrogens (tertiary/aromatic N) is 3. The summed E-state index contributed by atoms with van der Waals surface area (Å²) in [6, 6.07) is 5.14. The van der Waals surface area contributed by atoms with E-state index in [-0.39, 0.29) is 16.7 Å². The van der Waals surface area contributed by atoms with Crippen molar-refractivity contribution in [3.05, 3.63) is 35.2 Å². The molecule has 0 saturated heterocycles. The number of carbonyl (C=O) groups is 1. The van der Waals surface area contributed by atoms with E-state index in [9.17, 15) is 4.79 Å². The lowest BCUT2D eigenvalue weighted by molar-refractivity contribution is 0.102. The number of pyridine rings is 1. The van der Waals surface area contributed by atoms with Gasteiger partial charge in [-0.15, -0.1) is 0 Å². The van der Waals surface area contributed by atoms with Crippen molar-refractivity contribution < 1.29 is 4.79 Å². The highest BCUT2D eigenvalue weighted by Gasteiger charge is 2.17. The Morgan fingerprint density at radius 1 is 1.32 bits per heavy atom. The largest absolute Gasteiger partial charge is 0.382 e. The molecule has 2 heterocycles. The minimum atomic E-state index is -0.515. The van der Waals surface area contributed by atoms with Crippen LogP contribution in [0.2, 0.25) is 5.15 Å². The molecule has 0 aliphatic carbocycles. The van der Waals surface area contributed by atoms with E-state index in [1.807, 2.05) is 20.8 Å². The maximum absolute atomic E-state index is 12.0. The lowest BCUT2D eigenvalue weighted by atomic mass is 10.3. The van der Waals surface area contributed by atoms with Gasteiger partial charge < -0.3 is 16.4 Å². The Balaban J connectivity index is 0.00000116. The molecule has 0 radical (unpaired) electrons. The summed E-state index contributed by atoms with van der Waals surface area (Å²) < 4.78 is 0. The van der Waals surface area contributed by atoms with Crippen molar-refractivity contribution in [2.75, 3.05) is 22.9 Å². The molecular weight excluding hydrogens is 304 g/mol. The first-order valence-electron chi connectivity index (χ1n) is 6.91. The molecule has 22 heavy (non-hydrogen) atoms. The first-order valence-corrected chi connectivity index (χ1v) is 7.29.